The van der Waals surface area contributed by atoms with Gasteiger partial charge in [-0.15, -0.1) is 0 Å². The first-order chi connectivity index (χ1) is 18.5. The van der Waals surface area contributed by atoms with Crippen molar-refractivity contribution in [1.82, 2.24) is 10.1 Å². The summed E-state index contributed by atoms with van der Waals surface area (Å²) in [7, 11) is 0. The first kappa shape index (κ1) is 25.3. The van der Waals surface area contributed by atoms with Crippen LogP contribution >= 0.6 is 23.2 Å². The van der Waals surface area contributed by atoms with Crippen LogP contribution < -0.4 is 4.74 Å². The van der Waals surface area contributed by atoms with Crippen molar-refractivity contribution in [3.8, 4) is 17.0 Å². The van der Waals surface area contributed by atoms with E-state index in [9.17, 15) is 4.79 Å². The highest BCUT2D eigenvalue weighted by Crippen LogP contribution is 2.46. The predicted octanol–water partition coefficient (Wildman–Crippen LogP) is 7.19. The Bertz CT molecular complexity index is 1450. The van der Waals surface area contributed by atoms with Gasteiger partial charge in [0, 0.05) is 40.6 Å². The van der Waals surface area contributed by atoms with Crippen LogP contribution in [0.25, 0.3) is 22.2 Å². The number of carbonyl (C=O) groups is 1. The van der Waals surface area contributed by atoms with E-state index < -0.39 is 5.97 Å². The number of rotatable bonds is 9. The molecule has 1 saturated carbocycles. The van der Waals surface area contributed by atoms with Crippen LogP contribution in [0.4, 0.5) is 0 Å². The predicted molar refractivity (Wildman–Crippen MR) is 145 cm³/mol. The lowest BCUT2D eigenvalue weighted by Gasteiger charge is -2.32. The van der Waals surface area contributed by atoms with Gasteiger partial charge in [0.1, 0.15) is 22.8 Å². The van der Waals surface area contributed by atoms with Crippen LogP contribution in [0.2, 0.25) is 10.0 Å². The molecule has 2 aliphatic rings. The number of aromatic nitrogens is 1. The second-order valence-corrected chi connectivity index (χ2v) is 11.1. The van der Waals surface area contributed by atoms with Gasteiger partial charge in [0.25, 0.3) is 0 Å². The molecule has 0 spiro atoms. The molecule has 0 unspecified atom stereocenters. The van der Waals surface area contributed by atoms with E-state index in [2.05, 4.69) is 10.1 Å². The maximum absolute atomic E-state index is 11.0. The largest absolute Gasteiger partial charge is 0.493 e. The van der Waals surface area contributed by atoms with Crippen molar-refractivity contribution in [2.45, 2.75) is 44.6 Å². The number of furan rings is 1. The van der Waals surface area contributed by atoms with Gasteiger partial charge in [-0.2, -0.15) is 0 Å². The average Bonchev–Trinajstić information content (AvgIpc) is 3.56. The van der Waals surface area contributed by atoms with E-state index in [0.717, 1.165) is 79.0 Å². The first-order valence-corrected chi connectivity index (χ1v) is 13.7. The molecule has 0 radical (unpaired) electrons. The van der Waals surface area contributed by atoms with Crippen molar-refractivity contribution < 1.29 is 23.6 Å². The Hall–Kier alpha value is -3.00. The van der Waals surface area contributed by atoms with Gasteiger partial charge in [-0.05, 0) is 69.0 Å². The number of carboxylic acids is 1. The van der Waals surface area contributed by atoms with E-state index in [1.165, 1.54) is 6.26 Å². The maximum atomic E-state index is 11.0. The number of benzene rings is 2. The van der Waals surface area contributed by atoms with Gasteiger partial charge in [0.05, 0.1) is 29.3 Å². The van der Waals surface area contributed by atoms with Crippen LogP contribution in [0.1, 0.15) is 48.5 Å². The number of aliphatic carboxylic acids is 1. The molecule has 1 aliphatic carbocycles. The minimum atomic E-state index is -0.879. The molecule has 7 nitrogen and oxygen atoms in total. The van der Waals surface area contributed by atoms with Crippen LogP contribution in [-0.4, -0.2) is 40.8 Å². The lowest BCUT2D eigenvalue weighted by Crippen LogP contribution is -2.35. The van der Waals surface area contributed by atoms with Gasteiger partial charge < -0.3 is 18.8 Å². The Kier molecular flexibility index (Phi) is 7.08. The highest BCUT2D eigenvalue weighted by molar-refractivity contribution is 6.39. The molecule has 0 atom stereocenters. The van der Waals surface area contributed by atoms with Gasteiger partial charge in [0.2, 0.25) is 0 Å². The fourth-order valence-corrected chi connectivity index (χ4v) is 5.84. The molecule has 2 aromatic carbocycles. The molecule has 9 heteroatoms. The zero-order valence-corrected chi connectivity index (χ0v) is 22.3. The number of carboxylic acid groups (broad SMARTS) is 1. The zero-order chi connectivity index (χ0) is 26.2. The standard InChI is InChI=1S/C29H28Cl2N2O5/c30-23-2-1-3-24(31)27(23)28-22(29(38-32-28)18-4-5-18)14-33-10-8-17(9-11-33)15-36-20-6-7-21-19(12-26(34)35)16-37-25(21)13-20/h1-3,6-7,13,16-18H,4-5,8-12,14-15H2,(H,34,35). The molecule has 0 amide bonds. The Labute approximate surface area is 230 Å². The summed E-state index contributed by atoms with van der Waals surface area (Å²) in [6.45, 7) is 3.29. The fourth-order valence-electron chi connectivity index (χ4n) is 5.26. The summed E-state index contributed by atoms with van der Waals surface area (Å²) in [4.78, 5) is 13.5. The smallest absolute Gasteiger partial charge is 0.307 e. The Balaban J connectivity index is 1.08. The summed E-state index contributed by atoms with van der Waals surface area (Å²) in [5, 5.41) is 15.5. The molecule has 6 rings (SSSR count). The molecule has 1 saturated heterocycles. The topological polar surface area (TPSA) is 88.9 Å². The lowest BCUT2D eigenvalue weighted by atomic mass is 9.96. The number of hydrogen-bond acceptors (Lipinski definition) is 6. The lowest BCUT2D eigenvalue weighted by molar-refractivity contribution is -0.136. The molecule has 1 N–H and O–H groups in total. The highest BCUT2D eigenvalue weighted by Gasteiger charge is 2.34. The second-order valence-electron chi connectivity index (χ2n) is 10.3. The summed E-state index contributed by atoms with van der Waals surface area (Å²) in [6.07, 6.45) is 5.75. The van der Waals surface area contributed by atoms with E-state index in [0.29, 0.717) is 39.6 Å². The second kappa shape index (κ2) is 10.6. The summed E-state index contributed by atoms with van der Waals surface area (Å²) in [5.74, 6) is 1.71. The fraction of sp³-hybridized carbons (Fsp3) is 0.379. The van der Waals surface area contributed by atoms with Gasteiger partial charge in [-0.25, -0.2) is 0 Å². The van der Waals surface area contributed by atoms with Crippen LogP contribution in [0.3, 0.4) is 0 Å². The molecule has 38 heavy (non-hydrogen) atoms. The van der Waals surface area contributed by atoms with Crippen molar-refractivity contribution in [3.05, 3.63) is 69.6 Å². The molecule has 2 fully saturated rings. The molecule has 0 bridgehead atoms. The Morgan fingerprint density at radius 2 is 1.87 bits per heavy atom. The number of likely N-dealkylation sites (tertiary alicyclic amines) is 1. The number of fused-ring (bicyclic) bond motifs is 1. The van der Waals surface area contributed by atoms with E-state index in [1.54, 1.807) is 0 Å². The molecular weight excluding hydrogens is 527 g/mol. The van der Waals surface area contributed by atoms with Crippen LogP contribution in [0, 0.1) is 5.92 Å². The van der Waals surface area contributed by atoms with Gasteiger partial charge in [-0.3, -0.25) is 9.69 Å². The number of halogens is 2. The zero-order valence-electron chi connectivity index (χ0n) is 20.8. The number of piperidine rings is 1. The van der Waals surface area contributed by atoms with E-state index in [4.69, 9.17) is 42.0 Å². The van der Waals surface area contributed by atoms with E-state index in [1.807, 2.05) is 36.4 Å². The van der Waals surface area contributed by atoms with Crippen LogP contribution in [0.15, 0.2) is 51.6 Å². The minimum absolute atomic E-state index is 0.0598. The van der Waals surface area contributed by atoms with Crippen molar-refractivity contribution >= 4 is 40.1 Å². The first-order valence-electron chi connectivity index (χ1n) is 13.0. The quantitative estimate of drug-likeness (QED) is 0.234. The van der Waals surface area contributed by atoms with E-state index in [-0.39, 0.29) is 6.42 Å². The number of ether oxygens (including phenoxy) is 1. The molecular formula is C29H28Cl2N2O5. The summed E-state index contributed by atoms with van der Waals surface area (Å²) >= 11 is 13.0. The number of hydrogen-bond donors (Lipinski definition) is 1. The van der Waals surface area contributed by atoms with Crippen LogP contribution in [-0.2, 0) is 17.8 Å². The molecule has 1 aliphatic heterocycles. The van der Waals surface area contributed by atoms with Gasteiger partial charge in [-0.1, -0.05) is 34.4 Å². The monoisotopic (exact) mass is 554 g/mol. The Morgan fingerprint density at radius 3 is 2.58 bits per heavy atom. The molecule has 2 aromatic heterocycles. The van der Waals surface area contributed by atoms with Crippen LogP contribution in [0.5, 0.6) is 5.75 Å². The van der Waals surface area contributed by atoms with Gasteiger partial charge in [0.15, 0.2) is 0 Å². The summed E-state index contributed by atoms with van der Waals surface area (Å²) in [5.41, 5.74) is 3.92. The third-order valence-electron chi connectivity index (χ3n) is 7.51. The normalized spacial score (nSPS) is 16.8. The van der Waals surface area contributed by atoms with Crippen molar-refractivity contribution in [2.24, 2.45) is 5.92 Å². The van der Waals surface area contributed by atoms with Gasteiger partial charge >= 0.3 is 5.97 Å². The molecule has 4 aromatic rings. The summed E-state index contributed by atoms with van der Waals surface area (Å²) in [6, 6.07) is 11.1. The molecule has 3 heterocycles. The average molecular weight is 555 g/mol. The highest BCUT2D eigenvalue weighted by atomic mass is 35.5. The third-order valence-corrected chi connectivity index (χ3v) is 8.14. The van der Waals surface area contributed by atoms with E-state index >= 15 is 0 Å². The molecule has 198 valence electrons. The minimum Gasteiger partial charge on any atom is -0.493 e. The maximum Gasteiger partial charge on any atom is 0.307 e. The van der Waals surface area contributed by atoms with Crippen molar-refractivity contribution in [1.29, 1.82) is 0 Å². The summed E-state index contributed by atoms with van der Waals surface area (Å²) < 4.78 is 17.5. The van der Waals surface area contributed by atoms with Crippen molar-refractivity contribution in [3.63, 3.8) is 0 Å². The third kappa shape index (κ3) is 5.28. The SMILES string of the molecule is O=C(O)Cc1coc2cc(OCC3CCN(Cc4c(-c5c(Cl)cccc5Cl)noc4C4CC4)CC3)ccc12. The number of nitrogens with zero attached hydrogens (tertiary/aromatic N) is 2. The van der Waals surface area contributed by atoms with Crippen molar-refractivity contribution in [2.75, 3.05) is 19.7 Å². The Morgan fingerprint density at radius 1 is 1.11 bits per heavy atom.